The van der Waals surface area contributed by atoms with Gasteiger partial charge in [-0.1, -0.05) is 6.07 Å². The maximum atomic E-state index is 12.3. The molecule has 0 spiro atoms. The summed E-state index contributed by atoms with van der Waals surface area (Å²) in [5.41, 5.74) is 0.898. The van der Waals surface area contributed by atoms with Gasteiger partial charge in [0.1, 0.15) is 5.82 Å². The molecule has 7 nitrogen and oxygen atoms in total. The zero-order valence-electron chi connectivity index (χ0n) is 14.0. The van der Waals surface area contributed by atoms with Gasteiger partial charge in [0.25, 0.3) is 0 Å². The second-order valence-corrected chi connectivity index (χ2v) is 6.43. The number of rotatable bonds is 5. The van der Waals surface area contributed by atoms with Crippen LogP contribution in [0, 0.1) is 0 Å². The first-order valence-corrected chi connectivity index (χ1v) is 8.94. The summed E-state index contributed by atoms with van der Waals surface area (Å²) in [6.45, 7) is 3.54. The number of esters is 1. The Labute approximate surface area is 150 Å². The van der Waals surface area contributed by atoms with Gasteiger partial charge in [0.15, 0.2) is 0 Å². The monoisotopic (exact) mass is 360 g/mol. The molecule has 3 heterocycles. The van der Waals surface area contributed by atoms with E-state index in [0.29, 0.717) is 17.8 Å². The Morgan fingerprint density at radius 1 is 1.24 bits per heavy atom. The van der Waals surface area contributed by atoms with Gasteiger partial charge in [-0.2, -0.15) is 0 Å². The van der Waals surface area contributed by atoms with Crippen LogP contribution in [-0.2, 0) is 9.53 Å². The number of nitrogens with one attached hydrogen (secondary N) is 1. The highest BCUT2D eigenvalue weighted by Crippen LogP contribution is 2.21. The van der Waals surface area contributed by atoms with Crippen molar-refractivity contribution in [2.45, 2.75) is 0 Å². The Morgan fingerprint density at radius 3 is 2.72 bits per heavy atom. The molecule has 0 radical (unpaired) electrons. The molecular weight excluding hydrogens is 340 g/mol. The first-order chi connectivity index (χ1) is 12.2. The molecular formula is C17H20N4O3S. The molecule has 0 saturated carbocycles. The Morgan fingerprint density at radius 2 is 2.04 bits per heavy atom. The van der Waals surface area contributed by atoms with Gasteiger partial charge in [0.2, 0.25) is 5.91 Å². The lowest BCUT2D eigenvalue weighted by Crippen LogP contribution is -2.48. The zero-order valence-corrected chi connectivity index (χ0v) is 14.8. The normalized spacial score (nSPS) is 15.0. The third kappa shape index (κ3) is 4.34. The number of amides is 1. The molecule has 0 unspecified atom stereocenters. The average Bonchev–Trinajstić information content (AvgIpc) is 3.10. The van der Waals surface area contributed by atoms with Crippen molar-refractivity contribution >= 4 is 34.7 Å². The summed E-state index contributed by atoms with van der Waals surface area (Å²) in [6.07, 6.45) is 1.79. The quantitative estimate of drug-likeness (QED) is 0.818. The van der Waals surface area contributed by atoms with Crippen molar-refractivity contribution in [2.24, 2.45) is 0 Å². The second kappa shape index (κ2) is 8.09. The molecule has 2 aromatic heterocycles. The van der Waals surface area contributed by atoms with E-state index in [1.807, 2.05) is 18.2 Å². The van der Waals surface area contributed by atoms with Crippen molar-refractivity contribution in [3.05, 3.63) is 40.7 Å². The molecule has 1 amide bonds. The SMILES string of the molecule is COC(=O)c1cscc1NC(=O)CN1CCN(c2ccccn2)CC1. The molecule has 1 aliphatic rings. The van der Waals surface area contributed by atoms with Gasteiger partial charge >= 0.3 is 5.97 Å². The second-order valence-electron chi connectivity index (χ2n) is 5.69. The number of nitrogens with zero attached hydrogens (tertiary/aromatic N) is 3. The van der Waals surface area contributed by atoms with Gasteiger partial charge in [-0.15, -0.1) is 11.3 Å². The number of piperazine rings is 1. The Hall–Kier alpha value is -2.45. The molecule has 1 saturated heterocycles. The number of thiophene rings is 1. The first kappa shape index (κ1) is 17.4. The van der Waals surface area contributed by atoms with Crippen LogP contribution in [-0.4, -0.2) is 61.6 Å². The fraction of sp³-hybridized carbons (Fsp3) is 0.353. The van der Waals surface area contributed by atoms with E-state index in [-0.39, 0.29) is 5.91 Å². The number of anilines is 2. The van der Waals surface area contributed by atoms with E-state index in [0.717, 1.165) is 32.0 Å². The van der Waals surface area contributed by atoms with Crippen LogP contribution in [0.15, 0.2) is 35.2 Å². The summed E-state index contributed by atoms with van der Waals surface area (Å²) >= 11 is 1.35. The van der Waals surface area contributed by atoms with Crippen molar-refractivity contribution in [3.8, 4) is 0 Å². The van der Waals surface area contributed by atoms with Crippen LogP contribution >= 0.6 is 11.3 Å². The molecule has 1 N–H and O–H groups in total. The molecule has 1 fully saturated rings. The van der Waals surface area contributed by atoms with E-state index >= 15 is 0 Å². The average molecular weight is 360 g/mol. The highest BCUT2D eigenvalue weighted by Gasteiger charge is 2.21. The molecule has 8 heteroatoms. The van der Waals surface area contributed by atoms with Crippen LogP contribution < -0.4 is 10.2 Å². The van der Waals surface area contributed by atoms with Crippen molar-refractivity contribution in [2.75, 3.05) is 50.1 Å². The first-order valence-electron chi connectivity index (χ1n) is 8.00. The molecule has 25 heavy (non-hydrogen) atoms. The van der Waals surface area contributed by atoms with E-state index in [4.69, 9.17) is 4.74 Å². The van der Waals surface area contributed by atoms with Gasteiger partial charge in [-0.25, -0.2) is 9.78 Å². The summed E-state index contributed by atoms with van der Waals surface area (Å²) in [6, 6.07) is 5.87. The Bertz CT molecular complexity index is 727. The molecule has 3 rings (SSSR count). The maximum Gasteiger partial charge on any atom is 0.340 e. The highest BCUT2D eigenvalue weighted by molar-refractivity contribution is 7.08. The zero-order chi connectivity index (χ0) is 17.6. The van der Waals surface area contributed by atoms with Crippen LogP contribution in [0.5, 0.6) is 0 Å². The number of methoxy groups -OCH3 is 1. The van der Waals surface area contributed by atoms with Gasteiger partial charge < -0.3 is 15.0 Å². The molecule has 132 valence electrons. The molecule has 0 aromatic carbocycles. The third-order valence-electron chi connectivity index (χ3n) is 4.05. The predicted molar refractivity (Wildman–Crippen MR) is 97.2 cm³/mol. The number of carbonyl (C=O) groups excluding carboxylic acids is 2. The fourth-order valence-electron chi connectivity index (χ4n) is 2.73. The summed E-state index contributed by atoms with van der Waals surface area (Å²) in [4.78, 5) is 32.6. The molecule has 2 aromatic rings. The number of carbonyl (C=O) groups is 2. The van der Waals surface area contributed by atoms with E-state index in [1.54, 1.807) is 17.0 Å². The molecule has 0 bridgehead atoms. The molecule has 1 aliphatic heterocycles. The lowest BCUT2D eigenvalue weighted by molar-refractivity contribution is -0.117. The molecule has 0 aliphatic carbocycles. The van der Waals surface area contributed by atoms with Crippen molar-refractivity contribution < 1.29 is 14.3 Å². The Kier molecular flexibility index (Phi) is 5.62. The highest BCUT2D eigenvalue weighted by atomic mass is 32.1. The van der Waals surface area contributed by atoms with Crippen LogP contribution in [0.25, 0.3) is 0 Å². The number of pyridine rings is 1. The lowest BCUT2D eigenvalue weighted by Gasteiger charge is -2.34. The van der Waals surface area contributed by atoms with Crippen molar-refractivity contribution in [1.82, 2.24) is 9.88 Å². The Balaban J connectivity index is 1.50. The maximum absolute atomic E-state index is 12.3. The van der Waals surface area contributed by atoms with E-state index in [2.05, 4.69) is 20.1 Å². The van der Waals surface area contributed by atoms with Gasteiger partial charge in [0, 0.05) is 43.1 Å². The van der Waals surface area contributed by atoms with Crippen LogP contribution in [0.4, 0.5) is 11.5 Å². The van der Waals surface area contributed by atoms with Gasteiger partial charge in [0.05, 0.1) is 24.9 Å². The fourth-order valence-corrected chi connectivity index (χ4v) is 3.48. The van der Waals surface area contributed by atoms with Crippen LogP contribution in [0.1, 0.15) is 10.4 Å². The lowest BCUT2D eigenvalue weighted by atomic mass is 10.2. The summed E-state index contributed by atoms with van der Waals surface area (Å²) in [5, 5.41) is 6.21. The summed E-state index contributed by atoms with van der Waals surface area (Å²) in [5.74, 6) is 0.392. The minimum Gasteiger partial charge on any atom is -0.465 e. The minimum atomic E-state index is -0.444. The van der Waals surface area contributed by atoms with Crippen molar-refractivity contribution in [3.63, 3.8) is 0 Å². The van der Waals surface area contributed by atoms with E-state index < -0.39 is 5.97 Å². The number of hydrogen-bond acceptors (Lipinski definition) is 7. The van der Waals surface area contributed by atoms with E-state index in [1.165, 1.54) is 18.4 Å². The van der Waals surface area contributed by atoms with Crippen LogP contribution in [0.3, 0.4) is 0 Å². The summed E-state index contributed by atoms with van der Waals surface area (Å²) < 4.78 is 4.72. The summed E-state index contributed by atoms with van der Waals surface area (Å²) in [7, 11) is 1.33. The molecule has 0 atom stereocenters. The number of aromatic nitrogens is 1. The third-order valence-corrected chi connectivity index (χ3v) is 4.80. The topological polar surface area (TPSA) is 74.8 Å². The largest absolute Gasteiger partial charge is 0.465 e. The predicted octanol–water partition coefficient (Wildman–Crippen LogP) is 1.69. The van der Waals surface area contributed by atoms with Gasteiger partial charge in [-0.3, -0.25) is 9.69 Å². The van der Waals surface area contributed by atoms with Crippen LogP contribution in [0.2, 0.25) is 0 Å². The number of hydrogen-bond donors (Lipinski definition) is 1. The van der Waals surface area contributed by atoms with Gasteiger partial charge in [-0.05, 0) is 12.1 Å². The standard InChI is InChI=1S/C17H20N4O3S/c1-24-17(23)13-11-25-12-14(13)19-16(22)10-20-6-8-21(9-7-20)15-4-2-3-5-18-15/h2-5,11-12H,6-10H2,1H3,(H,19,22). The van der Waals surface area contributed by atoms with E-state index in [9.17, 15) is 9.59 Å². The number of ether oxygens (including phenoxy) is 1. The van der Waals surface area contributed by atoms with Crippen molar-refractivity contribution in [1.29, 1.82) is 0 Å². The minimum absolute atomic E-state index is 0.130. The smallest absolute Gasteiger partial charge is 0.340 e.